The number of benzene rings is 1. The highest BCUT2D eigenvalue weighted by Crippen LogP contribution is 2.24. The summed E-state index contributed by atoms with van der Waals surface area (Å²) in [4.78, 5) is 11.8. The van der Waals surface area contributed by atoms with Gasteiger partial charge in [0.15, 0.2) is 0 Å². The Morgan fingerprint density at radius 3 is 2.75 bits per heavy atom. The standard InChI is InChI=1S/C14H19N3O3/c1-4-20-13-6-5-11(10(2)18)7-12(13)8-17-14(19)16(3)9-15-17/h5-7,9-10,18H,4,8H2,1-3H3. The maximum atomic E-state index is 11.8. The van der Waals surface area contributed by atoms with E-state index in [1.54, 1.807) is 14.0 Å². The fourth-order valence-corrected chi connectivity index (χ4v) is 1.97. The van der Waals surface area contributed by atoms with Gasteiger partial charge in [0.2, 0.25) is 0 Å². The average molecular weight is 277 g/mol. The SMILES string of the molecule is CCOc1ccc(C(C)O)cc1Cn1ncn(C)c1=O. The largest absolute Gasteiger partial charge is 0.494 e. The zero-order valence-corrected chi connectivity index (χ0v) is 11.9. The van der Waals surface area contributed by atoms with Crippen LogP contribution >= 0.6 is 0 Å². The number of aryl methyl sites for hydroxylation is 1. The third-order valence-corrected chi connectivity index (χ3v) is 3.07. The number of aliphatic hydroxyl groups is 1. The summed E-state index contributed by atoms with van der Waals surface area (Å²) < 4.78 is 8.34. The lowest BCUT2D eigenvalue weighted by Crippen LogP contribution is -2.23. The van der Waals surface area contributed by atoms with Crippen LogP contribution in [0.4, 0.5) is 0 Å². The second kappa shape index (κ2) is 5.92. The molecule has 0 aliphatic rings. The molecule has 0 bridgehead atoms. The lowest BCUT2D eigenvalue weighted by Gasteiger charge is -2.13. The summed E-state index contributed by atoms with van der Waals surface area (Å²) in [5.41, 5.74) is 1.42. The molecule has 2 aromatic rings. The molecule has 2 rings (SSSR count). The summed E-state index contributed by atoms with van der Waals surface area (Å²) in [7, 11) is 1.65. The van der Waals surface area contributed by atoms with E-state index in [-0.39, 0.29) is 5.69 Å². The second-order valence-electron chi connectivity index (χ2n) is 4.66. The van der Waals surface area contributed by atoms with E-state index in [4.69, 9.17) is 4.74 Å². The molecule has 1 heterocycles. The van der Waals surface area contributed by atoms with Crippen LogP contribution in [0, 0.1) is 0 Å². The van der Waals surface area contributed by atoms with Crippen molar-refractivity contribution in [3.63, 3.8) is 0 Å². The predicted molar refractivity (Wildman–Crippen MR) is 74.8 cm³/mol. The molecule has 1 unspecified atom stereocenters. The quantitative estimate of drug-likeness (QED) is 0.888. The maximum Gasteiger partial charge on any atom is 0.345 e. The molecule has 0 saturated carbocycles. The van der Waals surface area contributed by atoms with E-state index in [1.165, 1.54) is 15.6 Å². The van der Waals surface area contributed by atoms with Crippen molar-refractivity contribution in [2.24, 2.45) is 7.05 Å². The molecule has 0 saturated heterocycles. The van der Waals surface area contributed by atoms with E-state index >= 15 is 0 Å². The summed E-state index contributed by atoms with van der Waals surface area (Å²) in [6.07, 6.45) is 0.908. The fourth-order valence-electron chi connectivity index (χ4n) is 1.97. The van der Waals surface area contributed by atoms with Gasteiger partial charge in [0.05, 0.1) is 19.3 Å². The van der Waals surface area contributed by atoms with Gasteiger partial charge in [-0.15, -0.1) is 0 Å². The van der Waals surface area contributed by atoms with Crippen molar-refractivity contribution >= 4 is 0 Å². The van der Waals surface area contributed by atoms with Crippen LogP contribution in [0.5, 0.6) is 5.75 Å². The predicted octanol–water partition coefficient (Wildman–Crippen LogP) is 1.08. The highest BCUT2D eigenvalue weighted by Gasteiger charge is 2.11. The van der Waals surface area contributed by atoms with Crippen molar-refractivity contribution in [2.75, 3.05) is 6.61 Å². The van der Waals surface area contributed by atoms with Crippen LogP contribution in [0.2, 0.25) is 0 Å². The number of nitrogens with zero attached hydrogens (tertiary/aromatic N) is 3. The molecule has 0 fully saturated rings. The number of hydrogen-bond acceptors (Lipinski definition) is 4. The van der Waals surface area contributed by atoms with Crippen LogP contribution < -0.4 is 10.4 Å². The van der Waals surface area contributed by atoms with Gasteiger partial charge >= 0.3 is 5.69 Å². The van der Waals surface area contributed by atoms with Gasteiger partial charge < -0.3 is 9.84 Å². The van der Waals surface area contributed by atoms with Gasteiger partial charge in [0.1, 0.15) is 12.1 Å². The Balaban J connectivity index is 2.39. The van der Waals surface area contributed by atoms with Crippen LogP contribution in [-0.4, -0.2) is 26.1 Å². The summed E-state index contributed by atoms with van der Waals surface area (Å²) in [6, 6.07) is 5.48. The molecule has 0 spiro atoms. The minimum absolute atomic E-state index is 0.185. The van der Waals surface area contributed by atoms with Gasteiger partial charge in [-0.3, -0.25) is 4.57 Å². The van der Waals surface area contributed by atoms with Crippen LogP contribution in [0.25, 0.3) is 0 Å². The first-order valence-electron chi connectivity index (χ1n) is 6.55. The van der Waals surface area contributed by atoms with Crippen molar-refractivity contribution in [1.29, 1.82) is 0 Å². The Labute approximate surface area is 117 Å². The summed E-state index contributed by atoms with van der Waals surface area (Å²) >= 11 is 0. The number of ether oxygens (including phenoxy) is 1. The molecule has 1 atom stereocenters. The lowest BCUT2D eigenvalue weighted by atomic mass is 10.1. The van der Waals surface area contributed by atoms with Gasteiger partial charge in [-0.2, -0.15) is 5.10 Å². The highest BCUT2D eigenvalue weighted by molar-refractivity contribution is 5.38. The topological polar surface area (TPSA) is 69.3 Å². The first-order valence-corrected chi connectivity index (χ1v) is 6.55. The molecule has 0 aliphatic carbocycles. The lowest BCUT2D eigenvalue weighted by molar-refractivity contribution is 0.199. The smallest absolute Gasteiger partial charge is 0.345 e. The highest BCUT2D eigenvalue weighted by atomic mass is 16.5. The first-order chi connectivity index (χ1) is 9.52. The van der Waals surface area contributed by atoms with Gasteiger partial charge in [0, 0.05) is 12.6 Å². The molecule has 0 aliphatic heterocycles. The third-order valence-electron chi connectivity index (χ3n) is 3.07. The molecule has 1 aromatic heterocycles. The Hall–Kier alpha value is -2.08. The summed E-state index contributed by atoms with van der Waals surface area (Å²) in [5, 5.41) is 13.7. The molecule has 6 nitrogen and oxygen atoms in total. The number of aromatic nitrogens is 3. The Morgan fingerprint density at radius 2 is 2.20 bits per heavy atom. The molecule has 1 aromatic carbocycles. The van der Waals surface area contributed by atoms with Crippen LogP contribution in [0.1, 0.15) is 31.1 Å². The van der Waals surface area contributed by atoms with E-state index in [0.29, 0.717) is 18.9 Å². The van der Waals surface area contributed by atoms with E-state index < -0.39 is 6.10 Å². The second-order valence-corrected chi connectivity index (χ2v) is 4.66. The Bertz CT molecular complexity index is 643. The van der Waals surface area contributed by atoms with Crippen LogP contribution in [0.3, 0.4) is 0 Å². The Morgan fingerprint density at radius 1 is 1.45 bits per heavy atom. The Kier molecular flexibility index (Phi) is 4.24. The van der Waals surface area contributed by atoms with E-state index in [9.17, 15) is 9.90 Å². The van der Waals surface area contributed by atoms with Gasteiger partial charge in [-0.25, -0.2) is 9.48 Å². The minimum atomic E-state index is -0.565. The van der Waals surface area contributed by atoms with Crippen molar-refractivity contribution in [2.45, 2.75) is 26.5 Å². The summed E-state index contributed by atoms with van der Waals surface area (Å²) in [6.45, 7) is 4.46. The normalized spacial score (nSPS) is 12.4. The van der Waals surface area contributed by atoms with Gasteiger partial charge in [-0.05, 0) is 31.5 Å². The van der Waals surface area contributed by atoms with Crippen LogP contribution in [-0.2, 0) is 13.6 Å². The van der Waals surface area contributed by atoms with Crippen molar-refractivity contribution < 1.29 is 9.84 Å². The van der Waals surface area contributed by atoms with Crippen LogP contribution in [0.15, 0.2) is 29.3 Å². The molecule has 0 amide bonds. The first kappa shape index (κ1) is 14.3. The van der Waals surface area contributed by atoms with Gasteiger partial charge in [0.25, 0.3) is 0 Å². The third kappa shape index (κ3) is 2.91. The van der Waals surface area contributed by atoms with Crippen molar-refractivity contribution in [3.8, 4) is 5.75 Å². The molecule has 6 heteroatoms. The molecular formula is C14H19N3O3. The van der Waals surface area contributed by atoms with E-state index in [2.05, 4.69) is 5.10 Å². The minimum Gasteiger partial charge on any atom is -0.494 e. The van der Waals surface area contributed by atoms with Crippen molar-refractivity contribution in [1.82, 2.24) is 14.3 Å². The molecular weight excluding hydrogens is 258 g/mol. The number of rotatable bonds is 5. The fraction of sp³-hybridized carbons (Fsp3) is 0.429. The van der Waals surface area contributed by atoms with Crippen molar-refractivity contribution in [3.05, 3.63) is 46.1 Å². The average Bonchev–Trinajstić information content (AvgIpc) is 2.73. The molecule has 0 radical (unpaired) electrons. The number of aliphatic hydroxyl groups excluding tert-OH is 1. The molecule has 20 heavy (non-hydrogen) atoms. The molecule has 108 valence electrons. The molecule has 1 N–H and O–H groups in total. The zero-order chi connectivity index (χ0) is 14.7. The van der Waals surface area contributed by atoms with E-state index in [0.717, 1.165) is 11.1 Å². The van der Waals surface area contributed by atoms with E-state index in [1.807, 2.05) is 25.1 Å². The zero-order valence-electron chi connectivity index (χ0n) is 11.9. The van der Waals surface area contributed by atoms with Gasteiger partial charge in [-0.1, -0.05) is 6.07 Å². The number of hydrogen-bond donors (Lipinski definition) is 1. The monoisotopic (exact) mass is 277 g/mol. The summed E-state index contributed by atoms with van der Waals surface area (Å²) in [5.74, 6) is 0.703. The maximum absolute atomic E-state index is 11.8.